The van der Waals surface area contributed by atoms with E-state index >= 15 is 0 Å². The topological polar surface area (TPSA) is 91.2 Å². The molecule has 0 unspecified atom stereocenters. The normalized spacial score (nSPS) is 16.0. The lowest BCUT2D eigenvalue weighted by molar-refractivity contribution is -0.123. The zero-order valence-corrected chi connectivity index (χ0v) is 14.7. The van der Waals surface area contributed by atoms with Gasteiger partial charge in [0.15, 0.2) is 0 Å². The van der Waals surface area contributed by atoms with Crippen molar-refractivity contribution >= 4 is 23.2 Å². The molecule has 1 aliphatic rings. The number of hydrogen-bond acceptors (Lipinski definition) is 5. The van der Waals surface area contributed by atoms with Crippen LogP contribution in [0.4, 0.5) is 0 Å². The fraction of sp³-hybridized carbons (Fsp3) is 0.588. The van der Waals surface area contributed by atoms with Crippen LogP contribution in [0.25, 0.3) is 0 Å². The lowest BCUT2D eigenvalue weighted by Crippen LogP contribution is -2.48. The largest absolute Gasteiger partial charge is 0.495 e. The Hall–Kier alpha value is -2.07. The highest BCUT2D eigenvalue weighted by atomic mass is 32.1. The van der Waals surface area contributed by atoms with Crippen molar-refractivity contribution in [3.63, 3.8) is 0 Å². The molecule has 2 amide bonds. The van der Waals surface area contributed by atoms with E-state index in [4.69, 9.17) is 10.00 Å². The highest BCUT2D eigenvalue weighted by molar-refractivity contribution is 7.08. The molecule has 0 aliphatic heterocycles. The molecule has 130 valence electrons. The predicted octanol–water partition coefficient (Wildman–Crippen LogP) is 2.47. The van der Waals surface area contributed by atoms with Crippen LogP contribution in [0.1, 0.15) is 48.9 Å². The average Bonchev–Trinajstić information content (AvgIpc) is 3.08. The highest BCUT2D eigenvalue weighted by Crippen LogP contribution is 2.28. The summed E-state index contributed by atoms with van der Waals surface area (Å²) in [5.74, 6) is 0.318. The van der Waals surface area contributed by atoms with Crippen molar-refractivity contribution in [3.8, 4) is 11.8 Å². The van der Waals surface area contributed by atoms with Crippen molar-refractivity contribution in [2.24, 2.45) is 5.92 Å². The zero-order valence-electron chi connectivity index (χ0n) is 13.8. The summed E-state index contributed by atoms with van der Waals surface area (Å²) in [6.45, 7) is -0.0579. The fourth-order valence-corrected chi connectivity index (χ4v) is 3.86. The van der Waals surface area contributed by atoms with Crippen LogP contribution in [-0.4, -0.2) is 31.5 Å². The van der Waals surface area contributed by atoms with E-state index in [1.807, 2.05) is 6.07 Å². The van der Waals surface area contributed by atoms with Gasteiger partial charge in [0.2, 0.25) is 5.91 Å². The zero-order chi connectivity index (χ0) is 17.4. The number of rotatable bonds is 7. The third kappa shape index (κ3) is 4.96. The van der Waals surface area contributed by atoms with Crippen LogP contribution in [0.3, 0.4) is 0 Å². The van der Waals surface area contributed by atoms with Gasteiger partial charge in [0.05, 0.1) is 18.7 Å². The molecule has 1 aromatic heterocycles. The first-order chi connectivity index (χ1) is 11.7. The van der Waals surface area contributed by atoms with Gasteiger partial charge in [0, 0.05) is 10.8 Å². The molecule has 1 saturated carbocycles. The first kappa shape index (κ1) is 18.3. The number of hydrogen-bond donors (Lipinski definition) is 2. The van der Waals surface area contributed by atoms with E-state index in [2.05, 4.69) is 10.6 Å². The van der Waals surface area contributed by atoms with Gasteiger partial charge in [-0.2, -0.15) is 5.26 Å². The summed E-state index contributed by atoms with van der Waals surface area (Å²) in [6.07, 6.45) is 6.35. The molecule has 0 aromatic carbocycles. The van der Waals surface area contributed by atoms with Crippen LogP contribution in [0.5, 0.6) is 5.75 Å². The maximum absolute atomic E-state index is 12.5. The Labute approximate surface area is 146 Å². The Kier molecular flexibility index (Phi) is 7.07. The summed E-state index contributed by atoms with van der Waals surface area (Å²) < 4.78 is 5.17. The number of nitrogens with zero attached hydrogens (tertiary/aromatic N) is 1. The number of nitriles is 1. The number of methoxy groups -OCH3 is 1. The van der Waals surface area contributed by atoms with Crippen molar-refractivity contribution < 1.29 is 14.3 Å². The van der Waals surface area contributed by atoms with Gasteiger partial charge < -0.3 is 15.4 Å². The molecule has 6 nitrogen and oxygen atoms in total. The molecular weight excluding hydrogens is 326 g/mol. The third-order valence-corrected chi connectivity index (χ3v) is 5.07. The van der Waals surface area contributed by atoms with Crippen LogP contribution < -0.4 is 15.4 Å². The van der Waals surface area contributed by atoms with Crippen molar-refractivity contribution in [2.75, 3.05) is 13.7 Å². The number of carbonyl (C=O) groups is 2. The molecule has 0 bridgehead atoms. The number of thiophene rings is 1. The van der Waals surface area contributed by atoms with Gasteiger partial charge in [0.25, 0.3) is 5.91 Å². The summed E-state index contributed by atoms with van der Waals surface area (Å²) in [5, 5.41) is 17.5. The maximum Gasteiger partial charge on any atom is 0.256 e. The van der Waals surface area contributed by atoms with Crippen molar-refractivity contribution in [1.29, 1.82) is 5.26 Å². The molecular formula is C17H23N3O3S. The van der Waals surface area contributed by atoms with Crippen LogP contribution in [0.2, 0.25) is 0 Å². The molecule has 7 heteroatoms. The molecule has 0 radical (unpaired) electrons. The van der Waals surface area contributed by atoms with E-state index in [-0.39, 0.29) is 18.4 Å². The van der Waals surface area contributed by atoms with Gasteiger partial charge in [-0.25, -0.2) is 0 Å². The molecule has 2 rings (SSSR count). The summed E-state index contributed by atoms with van der Waals surface area (Å²) in [7, 11) is 1.51. The highest BCUT2D eigenvalue weighted by Gasteiger charge is 2.27. The van der Waals surface area contributed by atoms with E-state index in [0.29, 0.717) is 23.7 Å². The Bertz CT molecular complexity index is 602. The lowest BCUT2D eigenvalue weighted by Gasteiger charge is -2.26. The monoisotopic (exact) mass is 349 g/mol. The number of amides is 2. The van der Waals surface area contributed by atoms with Gasteiger partial charge in [-0.1, -0.05) is 32.1 Å². The minimum absolute atomic E-state index is 0.0579. The Morgan fingerprint density at radius 3 is 2.79 bits per heavy atom. The van der Waals surface area contributed by atoms with E-state index < -0.39 is 6.04 Å². The average molecular weight is 349 g/mol. The standard InChI is InChI=1S/C17H23N3O3S/c1-23-15-11-24-10-13(15)16(21)20-14(17(22)19-8-7-18)9-12-5-3-2-4-6-12/h10-12,14H,2-6,8-9H2,1H3,(H,19,22)(H,20,21)/t14-/m0/s1. The summed E-state index contributed by atoms with van der Waals surface area (Å²) >= 11 is 1.37. The summed E-state index contributed by atoms with van der Waals surface area (Å²) in [4.78, 5) is 24.8. The molecule has 1 aromatic rings. The van der Waals surface area contributed by atoms with Crippen LogP contribution in [0, 0.1) is 17.2 Å². The second-order valence-electron chi connectivity index (χ2n) is 6.00. The molecule has 0 saturated heterocycles. The van der Waals surface area contributed by atoms with Gasteiger partial charge in [0.1, 0.15) is 18.3 Å². The van der Waals surface area contributed by atoms with Gasteiger partial charge in [-0.3, -0.25) is 9.59 Å². The predicted molar refractivity (Wildman–Crippen MR) is 91.9 cm³/mol. The van der Waals surface area contributed by atoms with Crippen molar-refractivity contribution in [1.82, 2.24) is 10.6 Å². The van der Waals surface area contributed by atoms with E-state index in [1.54, 1.807) is 10.8 Å². The van der Waals surface area contributed by atoms with Crippen molar-refractivity contribution in [3.05, 3.63) is 16.3 Å². The molecule has 0 spiro atoms. The minimum atomic E-state index is -0.626. The smallest absolute Gasteiger partial charge is 0.256 e. The van der Waals surface area contributed by atoms with Crippen molar-refractivity contribution in [2.45, 2.75) is 44.6 Å². The second kappa shape index (κ2) is 9.28. The van der Waals surface area contributed by atoms with Crippen LogP contribution >= 0.6 is 11.3 Å². The Morgan fingerprint density at radius 2 is 2.12 bits per heavy atom. The lowest BCUT2D eigenvalue weighted by atomic mass is 9.84. The molecule has 2 N–H and O–H groups in total. The summed E-state index contributed by atoms with van der Waals surface area (Å²) in [6, 6.07) is 1.27. The minimum Gasteiger partial charge on any atom is -0.495 e. The first-order valence-corrected chi connectivity index (χ1v) is 9.15. The van der Waals surface area contributed by atoms with Crippen LogP contribution in [0.15, 0.2) is 10.8 Å². The molecule has 1 atom stereocenters. The number of nitrogens with one attached hydrogen (secondary N) is 2. The number of carbonyl (C=O) groups excluding carboxylic acids is 2. The van der Waals surface area contributed by atoms with Gasteiger partial charge >= 0.3 is 0 Å². The van der Waals surface area contributed by atoms with E-state index in [9.17, 15) is 9.59 Å². The first-order valence-electron chi connectivity index (χ1n) is 8.21. The molecule has 1 aliphatic carbocycles. The van der Waals surface area contributed by atoms with Gasteiger partial charge in [-0.15, -0.1) is 11.3 Å². The van der Waals surface area contributed by atoms with Gasteiger partial charge in [-0.05, 0) is 12.3 Å². The molecule has 24 heavy (non-hydrogen) atoms. The Balaban J connectivity index is 2.05. The summed E-state index contributed by atoms with van der Waals surface area (Å²) in [5.41, 5.74) is 0.434. The second-order valence-corrected chi connectivity index (χ2v) is 6.74. The third-order valence-electron chi connectivity index (χ3n) is 4.35. The SMILES string of the molecule is COc1cscc1C(=O)N[C@@H](CC1CCCCC1)C(=O)NCC#N. The maximum atomic E-state index is 12.5. The quantitative estimate of drug-likeness (QED) is 0.740. The van der Waals surface area contributed by atoms with Crippen LogP contribution in [-0.2, 0) is 4.79 Å². The van der Waals surface area contributed by atoms with E-state index in [1.165, 1.54) is 37.7 Å². The fourth-order valence-electron chi connectivity index (χ4n) is 3.08. The Morgan fingerprint density at radius 1 is 1.38 bits per heavy atom. The molecule has 1 heterocycles. The molecule has 1 fully saturated rings. The van der Waals surface area contributed by atoms with E-state index in [0.717, 1.165) is 12.8 Å². The number of ether oxygens (including phenoxy) is 1.